The molecular weight excluding hydrogens is 276 g/mol. The van der Waals surface area contributed by atoms with Gasteiger partial charge in [0.05, 0.1) is 6.04 Å². The highest BCUT2D eigenvalue weighted by molar-refractivity contribution is 5.98. The van der Waals surface area contributed by atoms with E-state index in [0.29, 0.717) is 17.8 Å². The van der Waals surface area contributed by atoms with Crippen molar-refractivity contribution in [1.29, 1.82) is 0 Å². The van der Waals surface area contributed by atoms with Crippen LogP contribution in [0, 0.1) is 0 Å². The van der Waals surface area contributed by atoms with Crippen LogP contribution in [0.15, 0.2) is 54.6 Å². The molecule has 114 valence electrons. The number of hydrogen-bond donors (Lipinski definition) is 2. The maximum atomic E-state index is 12.2. The summed E-state index contributed by atoms with van der Waals surface area (Å²) in [7, 11) is 0. The fourth-order valence-electron chi connectivity index (χ4n) is 2.03. The van der Waals surface area contributed by atoms with E-state index in [2.05, 4.69) is 10.6 Å². The van der Waals surface area contributed by atoms with Crippen LogP contribution in [-0.4, -0.2) is 17.7 Å². The minimum atomic E-state index is -0.332. The monoisotopic (exact) mass is 296 g/mol. The van der Waals surface area contributed by atoms with E-state index in [1.807, 2.05) is 37.3 Å². The van der Waals surface area contributed by atoms with Crippen LogP contribution in [0.3, 0.4) is 0 Å². The molecule has 0 saturated heterocycles. The summed E-state index contributed by atoms with van der Waals surface area (Å²) in [5.74, 6) is -0.150. The van der Waals surface area contributed by atoms with E-state index in [1.54, 1.807) is 24.3 Å². The standard InChI is InChI=1S/C18H20N2O2/c1-13(19-12-15-7-4-3-5-8-15)18(22)20-17-10-6-9-16(11-17)14(2)21/h3-11,13,19H,12H2,1-2H3,(H,20,22). The van der Waals surface area contributed by atoms with Gasteiger partial charge in [0.15, 0.2) is 5.78 Å². The Labute approximate surface area is 130 Å². The van der Waals surface area contributed by atoms with Crippen molar-refractivity contribution in [3.05, 3.63) is 65.7 Å². The first kappa shape index (κ1) is 15.9. The molecule has 0 aliphatic heterocycles. The third-order valence-electron chi connectivity index (χ3n) is 3.39. The van der Waals surface area contributed by atoms with Crippen molar-refractivity contribution in [3.63, 3.8) is 0 Å². The predicted octanol–water partition coefficient (Wildman–Crippen LogP) is 3.01. The number of carbonyl (C=O) groups excluding carboxylic acids is 2. The summed E-state index contributed by atoms with van der Waals surface area (Å²) in [5, 5.41) is 6.00. The summed E-state index contributed by atoms with van der Waals surface area (Å²) < 4.78 is 0. The average molecular weight is 296 g/mol. The molecule has 0 bridgehead atoms. The molecule has 2 aromatic rings. The van der Waals surface area contributed by atoms with Crippen molar-refractivity contribution in [3.8, 4) is 0 Å². The lowest BCUT2D eigenvalue weighted by Gasteiger charge is -2.14. The van der Waals surface area contributed by atoms with Crippen LogP contribution in [0.1, 0.15) is 29.8 Å². The number of benzene rings is 2. The van der Waals surface area contributed by atoms with Crippen LogP contribution >= 0.6 is 0 Å². The summed E-state index contributed by atoms with van der Waals surface area (Å²) in [6.07, 6.45) is 0. The molecule has 0 heterocycles. The molecule has 0 fully saturated rings. The molecule has 2 rings (SSSR count). The number of nitrogens with one attached hydrogen (secondary N) is 2. The Bertz CT molecular complexity index is 653. The fourth-order valence-corrected chi connectivity index (χ4v) is 2.03. The highest BCUT2D eigenvalue weighted by Gasteiger charge is 2.12. The lowest BCUT2D eigenvalue weighted by molar-refractivity contribution is -0.117. The number of hydrogen-bond acceptors (Lipinski definition) is 3. The van der Waals surface area contributed by atoms with Gasteiger partial charge in [0.2, 0.25) is 5.91 Å². The second kappa shape index (κ2) is 7.52. The number of anilines is 1. The van der Waals surface area contributed by atoms with Crippen LogP contribution in [0.2, 0.25) is 0 Å². The maximum Gasteiger partial charge on any atom is 0.241 e. The number of ketones is 1. The lowest BCUT2D eigenvalue weighted by atomic mass is 10.1. The minimum absolute atomic E-state index is 0.0219. The number of carbonyl (C=O) groups is 2. The van der Waals surface area contributed by atoms with Gasteiger partial charge >= 0.3 is 0 Å². The van der Waals surface area contributed by atoms with Gasteiger partial charge in [0.25, 0.3) is 0 Å². The third kappa shape index (κ3) is 4.53. The summed E-state index contributed by atoms with van der Waals surface area (Å²) in [6, 6.07) is 16.5. The molecule has 0 aromatic heterocycles. The Kier molecular flexibility index (Phi) is 5.44. The van der Waals surface area contributed by atoms with E-state index in [0.717, 1.165) is 5.56 Å². The first-order valence-electron chi connectivity index (χ1n) is 7.25. The van der Waals surface area contributed by atoms with Gasteiger partial charge in [-0.3, -0.25) is 9.59 Å². The Morgan fingerprint density at radius 2 is 1.77 bits per heavy atom. The second-order valence-electron chi connectivity index (χ2n) is 5.21. The highest BCUT2D eigenvalue weighted by atomic mass is 16.2. The molecule has 22 heavy (non-hydrogen) atoms. The zero-order chi connectivity index (χ0) is 15.9. The lowest BCUT2D eigenvalue weighted by Crippen LogP contribution is -2.37. The van der Waals surface area contributed by atoms with Gasteiger partial charge < -0.3 is 10.6 Å². The molecule has 1 atom stereocenters. The first-order valence-corrected chi connectivity index (χ1v) is 7.25. The van der Waals surface area contributed by atoms with Gasteiger partial charge in [-0.05, 0) is 31.5 Å². The van der Waals surface area contributed by atoms with E-state index < -0.39 is 0 Å². The minimum Gasteiger partial charge on any atom is -0.325 e. The third-order valence-corrected chi connectivity index (χ3v) is 3.39. The Morgan fingerprint density at radius 1 is 1.05 bits per heavy atom. The van der Waals surface area contributed by atoms with Crippen molar-refractivity contribution in [2.24, 2.45) is 0 Å². The van der Waals surface area contributed by atoms with Gasteiger partial charge in [-0.1, -0.05) is 42.5 Å². The van der Waals surface area contributed by atoms with Crippen molar-refractivity contribution in [1.82, 2.24) is 5.32 Å². The first-order chi connectivity index (χ1) is 10.6. The predicted molar refractivity (Wildman–Crippen MR) is 87.8 cm³/mol. The van der Waals surface area contributed by atoms with Crippen LogP contribution in [0.4, 0.5) is 5.69 Å². The average Bonchev–Trinajstić information content (AvgIpc) is 2.53. The molecule has 0 aliphatic carbocycles. The SMILES string of the molecule is CC(=O)c1cccc(NC(=O)C(C)NCc2ccccc2)c1. The molecule has 2 N–H and O–H groups in total. The Morgan fingerprint density at radius 3 is 2.45 bits per heavy atom. The van der Waals surface area contributed by atoms with Crippen molar-refractivity contribution < 1.29 is 9.59 Å². The maximum absolute atomic E-state index is 12.2. The molecule has 1 unspecified atom stereocenters. The zero-order valence-corrected chi connectivity index (χ0v) is 12.8. The van der Waals surface area contributed by atoms with Gasteiger partial charge in [0.1, 0.15) is 0 Å². The summed E-state index contributed by atoms with van der Waals surface area (Å²) in [5.41, 5.74) is 2.34. The molecule has 0 radical (unpaired) electrons. The number of rotatable bonds is 6. The van der Waals surface area contributed by atoms with Gasteiger partial charge in [-0.15, -0.1) is 0 Å². The molecule has 2 aromatic carbocycles. The molecular formula is C18H20N2O2. The normalized spacial score (nSPS) is 11.7. The Hall–Kier alpha value is -2.46. The molecule has 0 saturated carbocycles. The largest absolute Gasteiger partial charge is 0.325 e. The quantitative estimate of drug-likeness (QED) is 0.806. The van der Waals surface area contributed by atoms with Gasteiger partial charge in [-0.2, -0.15) is 0 Å². The van der Waals surface area contributed by atoms with E-state index >= 15 is 0 Å². The van der Waals surface area contributed by atoms with E-state index in [-0.39, 0.29) is 17.7 Å². The second-order valence-corrected chi connectivity index (χ2v) is 5.21. The van der Waals surface area contributed by atoms with Crippen LogP contribution < -0.4 is 10.6 Å². The van der Waals surface area contributed by atoms with Crippen LogP contribution in [0.5, 0.6) is 0 Å². The van der Waals surface area contributed by atoms with Crippen molar-refractivity contribution in [2.75, 3.05) is 5.32 Å². The molecule has 0 aliphatic rings. The molecule has 4 nitrogen and oxygen atoms in total. The van der Waals surface area contributed by atoms with E-state index in [4.69, 9.17) is 0 Å². The number of Topliss-reactive ketones (excluding diaryl/α,β-unsaturated/α-hetero) is 1. The summed E-state index contributed by atoms with van der Waals surface area (Å²) >= 11 is 0. The van der Waals surface area contributed by atoms with Gasteiger partial charge in [-0.25, -0.2) is 0 Å². The zero-order valence-electron chi connectivity index (χ0n) is 12.8. The number of amides is 1. The summed E-state index contributed by atoms with van der Waals surface area (Å²) in [4.78, 5) is 23.5. The highest BCUT2D eigenvalue weighted by Crippen LogP contribution is 2.11. The molecule has 4 heteroatoms. The fraction of sp³-hybridized carbons (Fsp3) is 0.222. The van der Waals surface area contributed by atoms with E-state index in [9.17, 15) is 9.59 Å². The van der Waals surface area contributed by atoms with Crippen molar-refractivity contribution in [2.45, 2.75) is 26.4 Å². The molecule has 0 spiro atoms. The van der Waals surface area contributed by atoms with Crippen LogP contribution in [-0.2, 0) is 11.3 Å². The topological polar surface area (TPSA) is 58.2 Å². The Balaban J connectivity index is 1.91. The van der Waals surface area contributed by atoms with Crippen LogP contribution in [0.25, 0.3) is 0 Å². The summed E-state index contributed by atoms with van der Waals surface area (Å²) in [6.45, 7) is 3.95. The van der Waals surface area contributed by atoms with Gasteiger partial charge in [0, 0.05) is 17.8 Å². The van der Waals surface area contributed by atoms with E-state index in [1.165, 1.54) is 6.92 Å². The molecule has 1 amide bonds. The smallest absolute Gasteiger partial charge is 0.241 e. The van der Waals surface area contributed by atoms with Crippen molar-refractivity contribution >= 4 is 17.4 Å².